The number of aryl methyl sites for hydroxylation is 1. The van der Waals surface area contributed by atoms with Crippen LogP contribution in [0.2, 0.25) is 0 Å². The van der Waals surface area contributed by atoms with Gasteiger partial charge in [-0.25, -0.2) is 14.2 Å². The summed E-state index contributed by atoms with van der Waals surface area (Å²) in [6, 6.07) is 7.33. The summed E-state index contributed by atoms with van der Waals surface area (Å²) in [7, 11) is 0. The molecule has 0 spiro atoms. The summed E-state index contributed by atoms with van der Waals surface area (Å²) in [4.78, 5) is 14.9. The first-order chi connectivity index (χ1) is 10.0. The van der Waals surface area contributed by atoms with Gasteiger partial charge in [-0.15, -0.1) is 0 Å². The van der Waals surface area contributed by atoms with Gasteiger partial charge in [-0.05, 0) is 42.8 Å². The SMILES string of the molecule is Cc1cc(Nc2ccc(C(=O)O)cc2F)n2ncnc2c1. The zero-order valence-corrected chi connectivity index (χ0v) is 11.0. The van der Waals surface area contributed by atoms with Crippen LogP contribution in [-0.4, -0.2) is 25.7 Å². The lowest BCUT2D eigenvalue weighted by Gasteiger charge is -2.10. The topological polar surface area (TPSA) is 79.5 Å². The molecule has 3 rings (SSSR count). The summed E-state index contributed by atoms with van der Waals surface area (Å²) in [5.41, 5.74) is 1.65. The monoisotopic (exact) mass is 286 g/mol. The summed E-state index contributed by atoms with van der Waals surface area (Å²) in [5.74, 6) is -1.27. The summed E-state index contributed by atoms with van der Waals surface area (Å²) in [6.45, 7) is 1.89. The number of anilines is 2. The molecule has 106 valence electrons. The molecule has 0 bridgehead atoms. The minimum absolute atomic E-state index is 0.104. The number of halogens is 1. The van der Waals surface area contributed by atoms with Crippen LogP contribution >= 0.6 is 0 Å². The summed E-state index contributed by atoms with van der Waals surface area (Å²) in [5, 5.41) is 15.8. The first-order valence-electron chi connectivity index (χ1n) is 6.15. The molecule has 0 fully saturated rings. The van der Waals surface area contributed by atoms with Crippen molar-refractivity contribution in [2.24, 2.45) is 0 Å². The van der Waals surface area contributed by atoms with Crippen LogP contribution in [0, 0.1) is 12.7 Å². The highest BCUT2D eigenvalue weighted by molar-refractivity contribution is 5.88. The van der Waals surface area contributed by atoms with E-state index < -0.39 is 11.8 Å². The van der Waals surface area contributed by atoms with Crippen LogP contribution in [0.15, 0.2) is 36.7 Å². The lowest BCUT2D eigenvalue weighted by atomic mass is 10.2. The van der Waals surface area contributed by atoms with E-state index in [4.69, 9.17) is 5.11 Å². The molecule has 2 N–H and O–H groups in total. The molecule has 0 aliphatic carbocycles. The van der Waals surface area contributed by atoms with Gasteiger partial charge in [0.05, 0.1) is 11.3 Å². The minimum Gasteiger partial charge on any atom is -0.478 e. The van der Waals surface area contributed by atoms with Gasteiger partial charge in [-0.1, -0.05) is 0 Å². The van der Waals surface area contributed by atoms with Gasteiger partial charge in [-0.2, -0.15) is 9.61 Å². The van der Waals surface area contributed by atoms with E-state index in [0.29, 0.717) is 11.5 Å². The molecule has 0 unspecified atom stereocenters. The van der Waals surface area contributed by atoms with Gasteiger partial charge < -0.3 is 10.4 Å². The second kappa shape index (κ2) is 4.86. The zero-order chi connectivity index (χ0) is 15.0. The maximum absolute atomic E-state index is 14.0. The fraction of sp³-hybridized carbons (Fsp3) is 0.0714. The van der Waals surface area contributed by atoms with Crippen molar-refractivity contribution >= 4 is 23.1 Å². The maximum Gasteiger partial charge on any atom is 0.335 e. The molecule has 21 heavy (non-hydrogen) atoms. The number of hydrogen-bond donors (Lipinski definition) is 2. The smallest absolute Gasteiger partial charge is 0.335 e. The van der Waals surface area contributed by atoms with E-state index in [1.807, 2.05) is 13.0 Å². The molecule has 3 aromatic rings. The lowest BCUT2D eigenvalue weighted by molar-refractivity contribution is 0.0696. The number of aromatic carboxylic acids is 1. The number of nitrogens with zero attached hydrogens (tertiary/aromatic N) is 3. The zero-order valence-electron chi connectivity index (χ0n) is 11.0. The Balaban J connectivity index is 2.02. The normalized spacial score (nSPS) is 10.8. The van der Waals surface area contributed by atoms with Crippen molar-refractivity contribution < 1.29 is 14.3 Å². The van der Waals surface area contributed by atoms with Gasteiger partial charge in [0.1, 0.15) is 18.0 Å². The van der Waals surface area contributed by atoms with Crippen LogP contribution in [0.1, 0.15) is 15.9 Å². The van der Waals surface area contributed by atoms with E-state index in [1.165, 1.54) is 23.0 Å². The quantitative estimate of drug-likeness (QED) is 0.773. The van der Waals surface area contributed by atoms with Crippen molar-refractivity contribution in [2.45, 2.75) is 6.92 Å². The molecule has 0 atom stereocenters. The Labute approximate surface area is 118 Å². The van der Waals surface area contributed by atoms with E-state index >= 15 is 0 Å². The number of hydrogen-bond acceptors (Lipinski definition) is 4. The Bertz CT molecular complexity index is 844. The van der Waals surface area contributed by atoms with Gasteiger partial charge in [0.2, 0.25) is 0 Å². The molecule has 0 amide bonds. The van der Waals surface area contributed by atoms with Crippen molar-refractivity contribution in [3.05, 3.63) is 53.6 Å². The number of benzene rings is 1. The number of nitrogens with one attached hydrogen (secondary N) is 1. The molecular formula is C14H11FN4O2. The molecule has 0 saturated heterocycles. The van der Waals surface area contributed by atoms with Gasteiger partial charge in [0.15, 0.2) is 5.65 Å². The van der Waals surface area contributed by atoms with Crippen LogP contribution in [0.3, 0.4) is 0 Å². The van der Waals surface area contributed by atoms with Gasteiger partial charge >= 0.3 is 5.97 Å². The predicted octanol–water partition coefficient (Wildman–Crippen LogP) is 2.62. The van der Waals surface area contributed by atoms with Crippen LogP contribution in [0.5, 0.6) is 0 Å². The largest absolute Gasteiger partial charge is 0.478 e. The highest BCUT2D eigenvalue weighted by atomic mass is 19.1. The van der Waals surface area contributed by atoms with Crippen LogP contribution in [0.4, 0.5) is 15.9 Å². The highest BCUT2D eigenvalue weighted by Gasteiger charge is 2.10. The maximum atomic E-state index is 14.0. The average Bonchev–Trinajstić information content (AvgIpc) is 2.88. The van der Waals surface area contributed by atoms with Gasteiger partial charge in [0, 0.05) is 0 Å². The highest BCUT2D eigenvalue weighted by Crippen LogP contribution is 2.22. The number of rotatable bonds is 3. The van der Waals surface area contributed by atoms with Crippen molar-refractivity contribution in [1.29, 1.82) is 0 Å². The van der Waals surface area contributed by atoms with Crippen molar-refractivity contribution in [3.8, 4) is 0 Å². The van der Waals surface area contributed by atoms with E-state index in [1.54, 1.807) is 6.07 Å². The summed E-state index contributed by atoms with van der Waals surface area (Å²) >= 11 is 0. The molecule has 2 aromatic heterocycles. The molecule has 7 heteroatoms. The van der Waals surface area contributed by atoms with Crippen molar-refractivity contribution in [3.63, 3.8) is 0 Å². The Morgan fingerprint density at radius 1 is 1.33 bits per heavy atom. The first-order valence-corrected chi connectivity index (χ1v) is 6.15. The fourth-order valence-corrected chi connectivity index (χ4v) is 2.03. The second-order valence-corrected chi connectivity index (χ2v) is 4.57. The van der Waals surface area contributed by atoms with E-state index in [-0.39, 0.29) is 11.3 Å². The van der Waals surface area contributed by atoms with E-state index in [9.17, 15) is 9.18 Å². The number of carbonyl (C=O) groups is 1. The number of aromatic nitrogens is 3. The molecule has 0 aliphatic heterocycles. The Morgan fingerprint density at radius 2 is 2.14 bits per heavy atom. The third kappa shape index (κ3) is 2.40. The first kappa shape index (κ1) is 13.0. The standard InChI is InChI=1S/C14H11FN4O2/c1-8-4-12-16-7-17-19(12)13(5-8)18-11-3-2-9(14(20)21)6-10(11)15/h2-7,18H,1H3,(H,20,21). The second-order valence-electron chi connectivity index (χ2n) is 4.57. The number of fused-ring (bicyclic) bond motifs is 1. The average molecular weight is 286 g/mol. The molecule has 6 nitrogen and oxygen atoms in total. The van der Waals surface area contributed by atoms with Crippen LogP contribution in [0.25, 0.3) is 5.65 Å². The third-order valence-corrected chi connectivity index (χ3v) is 3.00. The third-order valence-electron chi connectivity index (χ3n) is 3.00. The number of carboxylic acid groups (broad SMARTS) is 1. The summed E-state index contributed by atoms with van der Waals surface area (Å²) < 4.78 is 15.5. The van der Waals surface area contributed by atoms with Crippen molar-refractivity contribution in [2.75, 3.05) is 5.32 Å². The molecule has 1 aromatic carbocycles. The molecular weight excluding hydrogens is 275 g/mol. The summed E-state index contributed by atoms with van der Waals surface area (Å²) in [6.07, 6.45) is 1.41. The van der Waals surface area contributed by atoms with E-state index in [2.05, 4.69) is 15.4 Å². The predicted molar refractivity (Wildman–Crippen MR) is 74.4 cm³/mol. The van der Waals surface area contributed by atoms with E-state index in [0.717, 1.165) is 11.6 Å². The van der Waals surface area contributed by atoms with Crippen LogP contribution in [-0.2, 0) is 0 Å². The fourth-order valence-electron chi connectivity index (χ4n) is 2.03. The lowest BCUT2D eigenvalue weighted by Crippen LogP contribution is -2.03. The van der Waals surface area contributed by atoms with Crippen LogP contribution < -0.4 is 5.32 Å². The van der Waals surface area contributed by atoms with Gasteiger partial charge in [0.25, 0.3) is 0 Å². The Hall–Kier alpha value is -2.96. The number of pyridine rings is 1. The van der Waals surface area contributed by atoms with Crippen molar-refractivity contribution in [1.82, 2.24) is 14.6 Å². The van der Waals surface area contributed by atoms with Gasteiger partial charge in [-0.3, -0.25) is 0 Å². The molecule has 2 heterocycles. The molecule has 0 saturated carbocycles. The number of carboxylic acids is 1. The molecule has 0 aliphatic rings. The molecule has 0 radical (unpaired) electrons. The Morgan fingerprint density at radius 3 is 2.86 bits per heavy atom. The minimum atomic E-state index is -1.17. The Kier molecular flexibility index (Phi) is 3.02.